The maximum Gasteiger partial charge on any atom is -0.0161 e. The maximum absolute atomic E-state index is 3.98. The van der Waals surface area contributed by atoms with Gasteiger partial charge in [-0.15, -0.1) is 0 Å². The van der Waals surface area contributed by atoms with Crippen molar-refractivity contribution in [3.63, 3.8) is 0 Å². The third kappa shape index (κ3) is 11.3. The van der Waals surface area contributed by atoms with E-state index in [1.54, 1.807) is 0 Å². The van der Waals surface area contributed by atoms with E-state index in [1.807, 2.05) is 64.1 Å². The molecule has 2 aromatic carbocycles. The number of benzene rings is 2. The van der Waals surface area contributed by atoms with Gasteiger partial charge in [0.25, 0.3) is 0 Å². The minimum Gasteiger partial charge on any atom is -0.0984 e. The summed E-state index contributed by atoms with van der Waals surface area (Å²) in [5.41, 5.74) is 8.70. The summed E-state index contributed by atoms with van der Waals surface area (Å²) >= 11 is 0. The van der Waals surface area contributed by atoms with E-state index in [2.05, 4.69) is 95.0 Å². The number of hydrogen-bond acceptors (Lipinski definition) is 0. The molecule has 0 aliphatic heterocycles. The van der Waals surface area contributed by atoms with Gasteiger partial charge in [0.15, 0.2) is 0 Å². The standard InChI is InChI=1S/C23H28.C7H8.C2H6/c1-7-10-11-13-18(4)16-22-17-21(15-14-19(22)5)23(9-3)20(6)12-8-2;1-7-5-3-2-4-6-7;1-2/h7-17H,3H2,1-2,4-6H3;2-6H,1H3;1-2H3/b10-7-,12-8-,13-11-,18-16+,23-20-;;. The van der Waals surface area contributed by atoms with Gasteiger partial charge < -0.3 is 0 Å². The Morgan fingerprint density at radius 3 is 1.97 bits per heavy atom. The Balaban J connectivity index is 0.000000889. The number of hydrogen-bond donors (Lipinski definition) is 0. The van der Waals surface area contributed by atoms with Crippen molar-refractivity contribution in [1.82, 2.24) is 0 Å². The van der Waals surface area contributed by atoms with Gasteiger partial charge in [-0.25, -0.2) is 0 Å². The molecule has 0 spiro atoms. The molecule has 0 saturated carbocycles. The van der Waals surface area contributed by atoms with Crippen molar-refractivity contribution in [3.05, 3.63) is 131 Å². The van der Waals surface area contributed by atoms with Crippen molar-refractivity contribution in [2.45, 2.75) is 55.4 Å². The molecule has 0 atom stereocenters. The first kappa shape index (κ1) is 28.9. The largest absolute Gasteiger partial charge is 0.0984 e. The van der Waals surface area contributed by atoms with Gasteiger partial charge in [0.05, 0.1) is 0 Å². The number of rotatable bonds is 6. The fraction of sp³-hybridized carbons (Fsp3) is 0.250. The molecule has 0 N–H and O–H groups in total. The van der Waals surface area contributed by atoms with E-state index in [0.717, 1.165) is 0 Å². The van der Waals surface area contributed by atoms with Gasteiger partial charge in [-0.05, 0) is 75.4 Å². The van der Waals surface area contributed by atoms with E-state index in [-0.39, 0.29) is 0 Å². The van der Waals surface area contributed by atoms with Gasteiger partial charge in [-0.3, -0.25) is 0 Å². The lowest BCUT2D eigenvalue weighted by Gasteiger charge is -2.10. The van der Waals surface area contributed by atoms with Crippen LogP contribution in [0.1, 0.15) is 63.8 Å². The van der Waals surface area contributed by atoms with E-state index >= 15 is 0 Å². The molecule has 2 aromatic rings. The fourth-order valence-electron chi connectivity index (χ4n) is 2.96. The highest BCUT2D eigenvalue weighted by molar-refractivity contribution is 5.79. The van der Waals surface area contributed by atoms with Crippen LogP contribution in [0.25, 0.3) is 11.6 Å². The van der Waals surface area contributed by atoms with Crippen LogP contribution in [0.3, 0.4) is 0 Å². The van der Waals surface area contributed by atoms with Crippen molar-refractivity contribution in [1.29, 1.82) is 0 Å². The molecule has 0 fully saturated rings. The van der Waals surface area contributed by atoms with Crippen LogP contribution in [0.2, 0.25) is 0 Å². The zero-order chi connectivity index (χ0) is 24.4. The molecule has 0 aliphatic rings. The minimum atomic E-state index is 1.18. The Bertz CT molecular complexity index is 945. The highest BCUT2D eigenvalue weighted by atomic mass is 14.1. The van der Waals surface area contributed by atoms with E-state index in [4.69, 9.17) is 0 Å². The van der Waals surface area contributed by atoms with Gasteiger partial charge in [0.1, 0.15) is 0 Å². The predicted octanol–water partition coefficient (Wildman–Crippen LogP) is 10.1. The van der Waals surface area contributed by atoms with E-state index in [0.29, 0.717) is 0 Å². The normalized spacial score (nSPS) is 12.2. The first-order valence-electron chi connectivity index (χ1n) is 11.5. The second kappa shape index (κ2) is 17.5. The first-order chi connectivity index (χ1) is 15.4. The second-order valence-electron chi connectivity index (χ2n) is 7.30. The molecule has 2 rings (SSSR count). The molecule has 0 saturated heterocycles. The minimum absolute atomic E-state index is 1.18. The summed E-state index contributed by atoms with van der Waals surface area (Å²) in [6.45, 7) is 20.5. The van der Waals surface area contributed by atoms with Crippen molar-refractivity contribution >= 4 is 11.6 Å². The first-order valence-corrected chi connectivity index (χ1v) is 11.5. The van der Waals surface area contributed by atoms with Crippen LogP contribution in [-0.2, 0) is 0 Å². The lowest BCUT2D eigenvalue weighted by atomic mass is 9.95. The Morgan fingerprint density at radius 2 is 1.47 bits per heavy atom. The van der Waals surface area contributed by atoms with Gasteiger partial charge in [0, 0.05) is 0 Å². The molecule has 0 unspecified atom stereocenters. The van der Waals surface area contributed by atoms with Gasteiger partial charge in [-0.1, -0.05) is 123 Å². The lowest BCUT2D eigenvalue weighted by Crippen LogP contribution is -1.89. The Labute approximate surface area is 198 Å². The van der Waals surface area contributed by atoms with Crippen molar-refractivity contribution < 1.29 is 0 Å². The van der Waals surface area contributed by atoms with Gasteiger partial charge in [-0.2, -0.15) is 0 Å². The predicted molar refractivity (Wildman–Crippen MR) is 149 cm³/mol. The summed E-state index contributed by atoms with van der Waals surface area (Å²) in [7, 11) is 0. The zero-order valence-electron chi connectivity index (χ0n) is 21.4. The SMILES string of the molecule is C=C/C(=C(C)/C=C\C)c1ccc(C)c(/C=C(C)/C=C\C=C/C)c1.CC.Cc1ccccc1. The third-order valence-electron chi connectivity index (χ3n) is 4.62. The molecule has 0 aromatic heterocycles. The van der Waals surface area contributed by atoms with Gasteiger partial charge in [0.2, 0.25) is 0 Å². The second-order valence-corrected chi connectivity index (χ2v) is 7.30. The van der Waals surface area contributed by atoms with Crippen LogP contribution in [0.4, 0.5) is 0 Å². The number of aryl methyl sites for hydroxylation is 2. The Kier molecular flexibility index (Phi) is 15.8. The van der Waals surface area contributed by atoms with E-state index < -0.39 is 0 Å². The summed E-state index contributed by atoms with van der Waals surface area (Å²) in [6, 6.07) is 16.8. The van der Waals surface area contributed by atoms with E-state index in [9.17, 15) is 0 Å². The third-order valence-corrected chi connectivity index (χ3v) is 4.62. The lowest BCUT2D eigenvalue weighted by molar-refractivity contribution is 1.40. The highest BCUT2D eigenvalue weighted by Crippen LogP contribution is 2.24. The van der Waals surface area contributed by atoms with Crippen molar-refractivity contribution in [3.8, 4) is 0 Å². The van der Waals surface area contributed by atoms with Crippen LogP contribution >= 0.6 is 0 Å². The molecule has 0 heterocycles. The smallest absolute Gasteiger partial charge is 0.0161 e. The van der Waals surface area contributed by atoms with Crippen LogP contribution in [0.5, 0.6) is 0 Å². The monoisotopic (exact) mass is 426 g/mol. The molecule has 0 aliphatic carbocycles. The quantitative estimate of drug-likeness (QED) is 0.403. The molecular weight excluding hydrogens is 384 g/mol. The maximum atomic E-state index is 3.98. The van der Waals surface area contributed by atoms with Crippen LogP contribution in [-0.4, -0.2) is 0 Å². The topological polar surface area (TPSA) is 0 Å². The summed E-state index contributed by atoms with van der Waals surface area (Å²) in [6.07, 6.45) is 16.6. The summed E-state index contributed by atoms with van der Waals surface area (Å²) in [5.74, 6) is 0. The van der Waals surface area contributed by atoms with Crippen LogP contribution < -0.4 is 0 Å². The van der Waals surface area contributed by atoms with Crippen molar-refractivity contribution in [2.75, 3.05) is 0 Å². The average Bonchev–Trinajstić information content (AvgIpc) is 2.79. The zero-order valence-corrected chi connectivity index (χ0v) is 21.4. The summed E-state index contributed by atoms with van der Waals surface area (Å²) < 4.78 is 0. The summed E-state index contributed by atoms with van der Waals surface area (Å²) in [5, 5.41) is 0. The molecule has 0 bridgehead atoms. The number of allylic oxidation sites excluding steroid dienone is 10. The summed E-state index contributed by atoms with van der Waals surface area (Å²) in [4.78, 5) is 0. The molecular formula is C32H42. The van der Waals surface area contributed by atoms with E-state index in [1.165, 1.54) is 39.0 Å². The highest BCUT2D eigenvalue weighted by Gasteiger charge is 2.04. The van der Waals surface area contributed by atoms with Crippen molar-refractivity contribution in [2.24, 2.45) is 0 Å². The van der Waals surface area contributed by atoms with Gasteiger partial charge >= 0.3 is 0 Å². The Morgan fingerprint density at radius 1 is 0.812 bits per heavy atom. The van der Waals surface area contributed by atoms with Crippen LogP contribution in [0.15, 0.2) is 109 Å². The average molecular weight is 427 g/mol. The molecule has 0 nitrogen and oxygen atoms in total. The molecule has 0 radical (unpaired) electrons. The molecule has 170 valence electrons. The Hall–Kier alpha value is -3.12. The molecule has 32 heavy (non-hydrogen) atoms. The molecule has 0 heteroatoms. The fourth-order valence-corrected chi connectivity index (χ4v) is 2.96. The molecule has 0 amide bonds. The van der Waals surface area contributed by atoms with Crippen LogP contribution in [0, 0.1) is 13.8 Å².